The molecule has 0 saturated carbocycles. The maximum absolute atomic E-state index is 12.1. The summed E-state index contributed by atoms with van der Waals surface area (Å²) in [5.74, 6) is 0.185. The van der Waals surface area contributed by atoms with Crippen molar-refractivity contribution in [2.75, 3.05) is 5.75 Å². The summed E-state index contributed by atoms with van der Waals surface area (Å²) in [6.45, 7) is 2.39. The van der Waals surface area contributed by atoms with Crippen molar-refractivity contribution in [3.8, 4) is 20.5 Å². The molecule has 9 heteroatoms. The SMILES string of the molecule is Cc1nc(-c2cccs2)sc1-c1ccc(SCC(=O)NCc2ccccc2Cl)nn1. The van der Waals surface area contributed by atoms with Crippen molar-refractivity contribution in [1.82, 2.24) is 20.5 Å². The number of hydrogen-bond donors (Lipinski definition) is 1. The van der Waals surface area contributed by atoms with E-state index in [-0.39, 0.29) is 11.7 Å². The van der Waals surface area contributed by atoms with Crippen molar-refractivity contribution in [3.63, 3.8) is 0 Å². The lowest BCUT2D eigenvalue weighted by Gasteiger charge is -2.06. The van der Waals surface area contributed by atoms with Crippen LogP contribution in [-0.4, -0.2) is 26.8 Å². The Morgan fingerprint density at radius 3 is 2.73 bits per heavy atom. The lowest BCUT2D eigenvalue weighted by atomic mass is 10.2. The van der Waals surface area contributed by atoms with Gasteiger partial charge in [0.1, 0.15) is 15.7 Å². The first-order chi connectivity index (χ1) is 14.6. The normalized spacial score (nSPS) is 10.9. The number of halogens is 1. The molecule has 152 valence electrons. The Morgan fingerprint density at radius 2 is 2.00 bits per heavy atom. The van der Waals surface area contributed by atoms with Gasteiger partial charge in [0.2, 0.25) is 5.91 Å². The van der Waals surface area contributed by atoms with E-state index in [2.05, 4.69) is 26.6 Å². The Kier molecular flexibility index (Phi) is 6.79. The van der Waals surface area contributed by atoms with Gasteiger partial charge >= 0.3 is 0 Å². The third kappa shape index (κ3) is 5.07. The third-order valence-electron chi connectivity index (χ3n) is 4.19. The first kappa shape index (κ1) is 21.0. The number of carbonyl (C=O) groups is 1. The van der Waals surface area contributed by atoms with Crippen molar-refractivity contribution >= 4 is 51.9 Å². The van der Waals surface area contributed by atoms with Crippen LogP contribution >= 0.6 is 46.0 Å². The van der Waals surface area contributed by atoms with Crippen LogP contribution in [0.3, 0.4) is 0 Å². The molecule has 0 bridgehead atoms. The number of amides is 1. The summed E-state index contributed by atoms with van der Waals surface area (Å²) < 4.78 is 0. The lowest BCUT2D eigenvalue weighted by molar-refractivity contribution is -0.118. The largest absolute Gasteiger partial charge is 0.351 e. The number of aromatic nitrogens is 3. The minimum atomic E-state index is -0.0790. The fourth-order valence-corrected chi connectivity index (χ4v) is 5.36. The van der Waals surface area contributed by atoms with Crippen LogP contribution in [0.4, 0.5) is 0 Å². The molecule has 30 heavy (non-hydrogen) atoms. The number of rotatable bonds is 7. The number of thiophene rings is 1. The molecule has 0 unspecified atom stereocenters. The van der Waals surface area contributed by atoms with Crippen molar-refractivity contribution in [2.24, 2.45) is 0 Å². The summed E-state index contributed by atoms with van der Waals surface area (Å²) in [6, 6.07) is 15.4. The zero-order chi connectivity index (χ0) is 20.9. The standard InChI is InChI=1S/C21H17ClN4OS3/c1-13-20(30-21(24-13)17-7-4-10-28-17)16-8-9-19(26-25-16)29-12-18(27)23-11-14-5-2-3-6-15(14)22/h2-10H,11-12H2,1H3,(H,23,27). The average molecular weight is 473 g/mol. The summed E-state index contributed by atoms with van der Waals surface area (Å²) in [7, 11) is 0. The maximum Gasteiger partial charge on any atom is 0.230 e. The van der Waals surface area contributed by atoms with Gasteiger partial charge in [0, 0.05) is 11.6 Å². The Hall–Kier alpha value is -2.26. The second kappa shape index (κ2) is 9.70. The highest BCUT2D eigenvalue weighted by atomic mass is 35.5. The molecule has 0 aliphatic carbocycles. The van der Waals surface area contributed by atoms with E-state index in [1.54, 1.807) is 22.7 Å². The average Bonchev–Trinajstić information content (AvgIpc) is 3.42. The molecule has 4 aromatic rings. The fraction of sp³-hybridized carbons (Fsp3) is 0.143. The van der Waals surface area contributed by atoms with Crippen molar-refractivity contribution in [3.05, 3.63) is 70.2 Å². The molecule has 3 aromatic heterocycles. The quantitative estimate of drug-likeness (QED) is 0.349. The van der Waals surface area contributed by atoms with Crippen LogP contribution in [0.15, 0.2) is 58.9 Å². The number of carbonyl (C=O) groups excluding carboxylic acids is 1. The van der Waals surface area contributed by atoms with Crippen LogP contribution < -0.4 is 5.32 Å². The van der Waals surface area contributed by atoms with Crippen LogP contribution in [-0.2, 0) is 11.3 Å². The molecular weight excluding hydrogens is 456 g/mol. The van der Waals surface area contributed by atoms with E-state index in [0.717, 1.165) is 31.7 Å². The molecule has 0 aliphatic heterocycles. The highest BCUT2D eigenvalue weighted by Gasteiger charge is 2.14. The molecule has 0 saturated heterocycles. The lowest BCUT2D eigenvalue weighted by Crippen LogP contribution is -2.24. The highest BCUT2D eigenvalue weighted by molar-refractivity contribution is 7.99. The number of thioether (sulfide) groups is 1. The summed E-state index contributed by atoms with van der Waals surface area (Å²) in [4.78, 5) is 18.9. The van der Waals surface area contributed by atoms with Gasteiger partial charge in [-0.2, -0.15) is 0 Å². The van der Waals surface area contributed by atoms with Crippen LogP contribution in [0.2, 0.25) is 5.02 Å². The smallest absolute Gasteiger partial charge is 0.230 e. The van der Waals surface area contributed by atoms with Crippen molar-refractivity contribution in [2.45, 2.75) is 18.5 Å². The summed E-state index contributed by atoms with van der Waals surface area (Å²) in [5, 5.41) is 15.9. The van der Waals surface area contributed by atoms with Gasteiger partial charge in [-0.3, -0.25) is 4.79 Å². The summed E-state index contributed by atoms with van der Waals surface area (Å²) >= 11 is 10.7. The Labute approximate surface area is 191 Å². The van der Waals surface area contributed by atoms with Crippen LogP contribution in [0.1, 0.15) is 11.3 Å². The van der Waals surface area contributed by atoms with Gasteiger partial charge in [-0.05, 0) is 42.1 Å². The Balaban J connectivity index is 1.34. The number of nitrogens with zero attached hydrogens (tertiary/aromatic N) is 3. The number of nitrogens with one attached hydrogen (secondary N) is 1. The topological polar surface area (TPSA) is 67.8 Å². The molecule has 1 N–H and O–H groups in total. The molecule has 0 fully saturated rings. The number of aryl methyl sites for hydroxylation is 1. The highest BCUT2D eigenvalue weighted by Crippen LogP contribution is 2.36. The van der Waals surface area contributed by atoms with Gasteiger partial charge in [0.15, 0.2) is 0 Å². The van der Waals surface area contributed by atoms with E-state index in [1.807, 2.05) is 54.8 Å². The van der Waals surface area contributed by atoms with E-state index >= 15 is 0 Å². The van der Waals surface area contributed by atoms with E-state index in [0.29, 0.717) is 16.6 Å². The summed E-state index contributed by atoms with van der Waals surface area (Å²) in [5.41, 5.74) is 2.63. The first-order valence-electron chi connectivity index (χ1n) is 9.08. The second-order valence-electron chi connectivity index (χ2n) is 6.32. The molecule has 0 radical (unpaired) electrons. The van der Waals surface area contributed by atoms with Crippen LogP contribution in [0.5, 0.6) is 0 Å². The Bertz CT molecular complexity index is 1140. The summed E-state index contributed by atoms with van der Waals surface area (Å²) in [6.07, 6.45) is 0. The van der Waals surface area contributed by atoms with E-state index in [9.17, 15) is 4.79 Å². The van der Waals surface area contributed by atoms with E-state index in [4.69, 9.17) is 11.6 Å². The molecule has 3 heterocycles. The zero-order valence-electron chi connectivity index (χ0n) is 16.0. The third-order valence-corrected chi connectivity index (χ3v) is 7.69. The van der Waals surface area contributed by atoms with Gasteiger partial charge < -0.3 is 5.32 Å². The predicted molar refractivity (Wildman–Crippen MR) is 125 cm³/mol. The minimum absolute atomic E-state index is 0.0790. The van der Waals surface area contributed by atoms with Crippen LogP contribution in [0, 0.1) is 6.92 Å². The molecule has 1 amide bonds. The zero-order valence-corrected chi connectivity index (χ0v) is 19.2. The van der Waals surface area contributed by atoms with Crippen molar-refractivity contribution in [1.29, 1.82) is 0 Å². The van der Waals surface area contributed by atoms with Crippen LogP contribution in [0.25, 0.3) is 20.5 Å². The first-order valence-corrected chi connectivity index (χ1v) is 12.1. The minimum Gasteiger partial charge on any atom is -0.351 e. The molecule has 4 rings (SSSR count). The number of benzene rings is 1. The van der Waals surface area contributed by atoms with Crippen molar-refractivity contribution < 1.29 is 4.79 Å². The van der Waals surface area contributed by atoms with E-state index < -0.39 is 0 Å². The fourth-order valence-electron chi connectivity index (χ4n) is 2.68. The number of thiazole rings is 1. The number of hydrogen-bond acceptors (Lipinski definition) is 7. The maximum atomic E-state index is 12.1. The van der Waals surface area contributed by atoms with Gasteiger partial charge in [0.05, 0.1) is 21.2 Å². The molecule has 1 aromatic carbocycles. The monoisotopic (exact) mass is 472 g/mol. The Morgan fingerprint density at radius 1 is 1.13 bits per heavy atom. The van der Waals surface area contributed by atoms with E-state index in [1.165, 1.54) is 11.8 Å². The predicted octanol–water partition coefficient (Wildman–Crippen LogP) is 5.70. The van der Waals surface area contributed by atoms with Gasteiger partial charge in [-0.1, -0.05) is 47.6 Å². The van der Waals surface area contributed by atoms with Gasteiger partial charge in [-0.25, -0.2) is 4.98 Å². The molecule has 5 nitrogen and oxygen atoms in total. The molecular formula is C21H17ClN4OS3. The molecule has 0 spiro atoms. The molecule has 0 aliphatic rings. The van der Waals surface area contributed by atoms with Gasteiger partial charge in [0.25, 0.3) is 0 Å². The van der Waals surface area contributed by atoms with Gasteiger partial charge in [-0.15, -0.1) is 32.9 Å². The second-order valence-corrected chi connectivity index (χ2v) is 9.67. The molecule has 0 atom stereocenters.